The van der Waals surface area contributed by atoms with Gasteiger partial charge in [-0.05, 0) is 24.3 Å². The summed E-state index contributed by atoms with van der Waals surface area (Å²) in [6, 6.07) is 10.3. The van der Waals surface area contributed by atoms with Crippen LogP contribution in [0.1, 0.15) is 11.4 Å². The van der Waals surface area contributed by atoms with E-state index in [0.717, 1.165) is 12.1 Å². The molecule has 0 amide bonds. The van der Waals surface area contributed by atoms with E-state index >= 15 is 0 Å². The van der Waals surface area contributed by atoms with Gasteiger partial charge < -0.3 is 0 Å². The van der Waals surface area contributed by atoms with Gasteiger partial charge in [0.2, 0.25) is 0 Å². The number of benzene rings is 2. The Morgan fingerprint density at radius 2 is 2.05 bits per heavy atom. The first-order valence-electron chi connectivity index (χ1n) is 6.07. The maximum absolute atomic E-state index is 14.0. The Bertz CT molecular complexity index is 880. The number of nitrogens with zero attached hydrogens (tertiary/aromatic N) is 3. The van der Waals surface area contributed by atoms with E-state index in [1.165, 1.54) is 10.6 Å². The molecule has 3 rings (SSSR count). The summed E-state index contributed by atoms with van der Waals surface area (Å²) in [5, 5.41) is 9.11. The molecule has 0 saturated carbocycles. The third-order valence-corrected chi connectivity index (χ3v) is 3.38. The molecule has 0 aliphatic carbocycles. The Hall–Kier alpha value is -2.45. The summed E-state index contributed by atoms with van der Waals surface area (Å²) in [6.07, 6.45) is 0. The molecule has 3 aromatic rings. The number of nitriles is 1. The van der Waals surface area contributed by atoms with Crippen LogP contribution < -0.4 is 0 Å². The fraction of sp³-hybridized carbons (Fsp3) is 0.0667. The maximum atomic E-state index is 14.0. The molecule has 0 N–H and O–H groups in total. The van der Waals surface area contributed by atoms with Gasteiger partial charge >= 0.3 is 0 Å². The molecule has 0 unspecified atom stereocenters. The van der Waals surface area contributed by atoms with Gasteiger partial charge in [-0.1, -0.05) is 6.07 Å². The first kappa shape index (κ1) is 13.5. The van der Waals surface area contributed by atoms with Gasteiger partial charge in [0.15, 0.2) is 0 Å². The van der Waals surface area contributed by atoms with Crippen LogP contribution in [0.4, 0.5) is 8.78 Å². The predicted octanol–water partition coefficient (Wildman–Crippen LogP) is 3.91. The van der Waals surface area contributed by atoms with E-state index in [-0.39, 0.29) is 11.6 Å². The number of fused-ring (bicyclic) bond motifs is 1. The number of aromatic nitrogens is 2. The number of imidazole rings is 1. The number of halogens is 3. The van der Waals surface area contributed by atoms with Crippen molar-refractivity contribution in [2.24, 2.45) is 0 Å². The Balaban J connectivity index is 2.39. The van der Waals surface area contributed by atoms with E-state index in [1.54, 1.807) is 18.2 Å². The van der Waals surface area contributed by atoms with Crippen molar-refractivity contribution >= 4 is 22.6 Å². The third-order valence-electron chi connectivity index (χ3n) is 3.15. The van der Waals surface area contributed by atoms with E-state index in [0.29, 0.717) is 22.4 Å². The van der Waals surface area contributed by atoms with Gasteiger partial charge in [0.25, 0.3) is 0 Å². The number of alkyl halides is 1. The minimum absolute atomic E-state index is 0.0381. The van der Waals surface area contributed by atoms with Crippen molar-refractivity contribution in [2.45, 2.75) is 5.88 Å². The average molecular weight is 304 g/mol. The first-order chi connectivity index (χ1) is 10.2. The number of rotatable bonds is 2. The zero-order valence-corrected chi connectivity index (χ0v) is 11.4. The van der Waals surface area contributed by atoms with Crippen molar-refractivity contribution in [3.8, 4) is 11.8 Å². The molecule has 0 saturated heterocycles. The molecule has 1 aromatic heterocycles. The highest BCUT2D eigenvalue weighted by Crippen LogP contribution is 2.26. The van der Waals surface area contributed by atoms with Crippen molar-refractivity contribution in [1.82, 2.24) is 9.55 Å². The van der Waals surface area contributed by atoms with E-state index in [1.807, 2.05) is 6.07 Å². The lowest BCUT2D eigenvalue weighted by Crippen LogP contribution is -2.02. The lowest BCUT2D eigenvalue weighted by atomic mass is 10.2. The molecule has 0 atom stereocenters. The van der Waals surface area contributed by atoms with Crippen LogP contribution in [-0.2, 0) is 5.88 Å². The van der Waals surface area contributed by atoms with Crippen molar-refractivity contribution in [3.05, 3.63) is 59.4 Å². The van der Waals surface area contributed by atoms with Gasteiger partial charge in [-0.15, -0.1) is 11.6 Å². The van der Waals surface area contributed by atoms with Gasteiger partial charge in [-0.25, -0.2) is 13.8 Å². The summed E-state index contributed by atoms with van der Waals surface area (Å²) < 4.78 is 28.6. The minimum atomic E-state index is -0.719. The monoisotopic (exact) mass is 303 g/mol. The van der Waals surface area contributed by atoms with E-state index in [9.17, 15) is 8.78 Å². The van der Waals surface area contributed by atoms with E-state index < -0.39 is 11.6 Å². The minimum Gasteiger partial charge on any atom is -0.292 e. The van der Waals surface area contributed by atoms with Crippen LogP contribution in [0.5, 0.6) is 0 Å². The summed E-state index contributed by atoms with van der Waals surface area (Å²) >= 11 is 5.87. The molecule has 0 bridgehead atoms. The zero-order valence-electron chi connectivity index (χ0n) is 10.6. The molecule has 0 aliphatic heterocycles. The fourth-order valence-electron chi connectivity index (χ4n) is 2.26. The molecule has 0 fully saturated rings. The Morgan fingerprint density at radius 3 is 2.71 bits per heavy atom. The second kappa shape index (κ2) is 5.15. The Labute approximate surface area is 124 Å². The van der Waals surface area contributed by atoms with Crippen LogP contribution in [0.15, 0.2) is 36.4 Å². The van der Waals surface area contributed by atoms with Crippen molar-refractivity contribution in [3.63, 3.8) is 0 Å². The Kier molecular flexibility index (Phi) is 3.32. The summed E-state index contributed by atoms with van der Waals surface area (Å²) in [4.78, 5) is 4.29. The average Bonchev–Trinajstić information content (AvgIpc) is 2.85. The second-order valence-corrected chi connectivity index (χ2v) is 4.65. The summed E-state index contributed by atoms with van der Waals surface area (Å²) in [7, 11) is 0. The van der Waals surface area contributed by atoms with E-state index in [4.69, 9.17) is 16.9 Å². The van der Waals surface area contributed by atoms with Crippen LogP contribution in [0, 0.1) is 23.0 Å². The van der Waals surface area contributed by atoms with Crippen molar-refractivity contribution < 1.29 is 8.78 Å². The smallest absolute Gasteiger partial charge is 0.150 e. The number of para-hydroxylation sites is 1. The van der Waals surface area contributed by atoms with Crippen LogP contribution in [-0.4, -0.2) is 9.55 Å². The van der Waals surface area contributed by atoms with Crippen LogP contribution in [0.2, 0.25) is 0 Å². The second-order valence-electron chi connectivity index (χ2n) is 4.38. The summed E-state index contributed by atoms with van der Waals surface area (Å²) in [5.41, 5.74) is 1.51. The zero-order chi connectivity index (χ0) is 15.0. The van der Waals surface area contributed by atoms with Crippen molar-refractivity contribution in [2.75, 3.05) is 0 Å². The SMILES string of the molecule is N#Cc1cccc2c1nc(CCl)n2-c1ccc(F)cc1F. The highest BCUT2D eigenvalue weighted by Gasteiger charge is 2.17. The molecular formula is C15H8ClF2N3. The summed E-state index contributed by atoms with van der Waals surface area (Å²) in [6.45, 7) is 0. The lowest BCUT2D eigenvalue weighted by Gasteiger charge is -2.09. The van der Waals surface area contributed by atoms with Gasteiger partial charge in [0, 0.05) is 6.07 Å². The summed E-state index contributed by atoms with van der Waals surface area (Å²) in [5.74, 6) is -0.954. The molecule has 2 aromatic carbocycles. The highest BCUT2D eigenvalue weighted by atomic mass is 35.5. The third kappa shape index (κ3) is 2.14. The van der Waals surface area contributed by atoms with Crippen molar-refractivity contribution in [1.29, 1.82) is 5.26 Å². The molecule has 1 heterocycles. The molecular weight excluding hydrogens is 296 g/mol. The normalized spacial score (nSPS) is 10.8. The highest BCUT2D eigenvalue weighted by molar-refractivity contribution is 6.17. The lowest BCUT2D eigenvalue weighted by molar-refractivity contribution is 0.577. The standard InChI is InChI=1S/C15H8ClF2N3/c16-7-14-20-15-9(8-19)2-1-3-13(15)21(14)12-5-4-10(17)6-11(12)18/h1-6H,7H2. The van der Waals surface area contributed by atoms with Crippen LogP contribution in [0.3, 0.4) is 0 Å². The number of hydrogen-bond acceptors (Lipinski definition) is 2. The quantitative estimate of drug-likeness (QED) is 0.673. The first-order valence-corrected chi connectivity index (χ1v) is 6.61. The maximum Gasteiger partial charge on any atom is 0.150 e. The topological polar surface area (TPSA) is 41.6 Å². The molecule has 104 valence electrons. The number of hydrogen-bond donors (Lipinski definition) is 0. The largest absolute Gasteiger partial charge is 0.292 e. The molecule has 6 heteroatoms. The van der Waals surface area contributed by atoms with E-state index in [2.05, 4.69) is 4.98 Å². The van der Waals surface area contributed by atoms with Gasteiger partial charge in [0.1, 0.15) is 29.0 Å². The van der Waals surface area contributed by atoms with Crippen LogP contribution in [0.25, 0.3) is 16.7 Å². The van der Waals surface area contributed by atoms with Gasteiger partial charge in [-0.2, -0.15) is 5.26 Å². The Morgan fingerprint density at radius 1 is 1.24 bits per heavy atom. The van der Waals surface area contributed by atoms with Gasteiger partial charge in [0.05, 0.1) is 22.6 Å². The molecule has 0 radical (unpaired) electrons. The molecule has 0 aliphatic rings. The molecule has 21 heavy (non-hydrogen) atoms. The fourth-order valence-corrected chi connectivity index (χ4v) is 2.44. The molecule has 0 spiro atoms. The predicted molar refractivity (Wildman–Crippen MR) is 75.3 cm³/mol. The molecule has 3 nitrogen and oxygen atoms in total. The van der Waals surface area contributed by atoms with Gasteiger partial charge in [-0.3, -0.25) is 4.57 Å². The van der Waals surface area contributed by atoms with Crippen LogP contribution >= 0.6 is 11.6 Å².